The molecule has 0 spiro atoms. The zero-order chi connectivity index (χ0) is 17.5. The molecule has 0 aliphatic rings. The number of rotatable bonds is 6. The minimum absolute atomic E-state index is 0.150. The van der Waals surface area contributed by atoms with E-state index >= 15 is 0 Å². The molecule has 3 aromatic rings. The van der Waals surface area contributed by atoms with Gasteiger partial charge in [-0.1, -0.05) is 42.5 Å². The fourth-order valence-electron chi connectivity index (χ4n) is 2.45. The van der Waals surface area contributed by atoms with Gasteiger partial charge in [-0.2, -0.15) is 0 Å². The Morgan fingerprint density at radius 1 is 1.04 bits per heavy atom. The first-order valence-electron chi connectivity index (χ1n) is 8.21. The van der Waals surface area contributed by atoms with Crippen molar-refractivity contribution in [3.05, 3.63) is 95.8 Å². The van der Waals surface area contributed by atoms with E-state index in [2.05, 4.69) is 10.3 Å². The van der Waals surface area contributed by atoms with E-state index in [1.165, 1.54) is 0 Å². The molecule has 0 fully saturated rings. The van der Waals surface area contributed by atoms with Gasteiger partial charge in [0.15, 0.2) is 0 Å². The molecule has 0 saturated carbocycles. The summed E-state index contributed by atoms with van der Waals surface area (Å²) in [5.41, 5.74) is 2.47. The molecule has 0 aliphatic carbocycles. The molecule has 4 heteroatoms. The van der Waals surface area contributed by atoms with Crippen molar-refractivity contribution in [2.45, 2.75) is 19.6 Å². The number of aromatic nitrogens is 1. The number of ether oxygens (including phenoxy) is 1. The fraction of sp³-hybridized carbons (Fsp3) is 0.143. The highest BCUT2D eigenvalue weighted by Gasteiger charge is 2.12. The molecule has 1 atom stereocenters. The highest BCUT2D eigenvalue weighted by atomic mass is 16.5. The van der Waals surface area contributed by atoms with E-state index in [4.69, 9.17) is 4.74 Å². The van der Waals surface area contributed by atoms with Gasteiger partial charge in [0.05, 0.1) is 11.7 Å². The Kier molecular flexibility index (Phi) is 5.42. The molecule has 0 aliphatic heterocycles. The summed E-state index contributed by atoms with van der Waals surface area (Å²) in [4.78, 5) is 16.7. The molecular weight excluding hydrogens is 312 g/mol. The fourth-order valence-corrected chi connectivity index (χ4v) is 2.45. The normalized spacial score (nSPS) is 11.6. The maximum atomic E-state index is 12.5. The van der Waals surface area contributed by atoms with Gasteiger partial charge in [-0.05, 0) is 42.8 Å². The third kappa shape index (κ3) is 4.67. The Bertz CT molecular complexity index is 820. The minimum Gasteiger partial charge on any atom is -0.489 e. The van der Waals surface area contributed by atoms with Crippen molar-refractivity contribution >= 4 is 5.91 Å². The van der Waals surface area contributed by atoms with Crippen molar-refractivity contribution in [1.29, 1.82) is 0 Å². The quantitative estimate of drug-likeness (QED) is 0.738. The summed E-state index contributed by atoms with van der Waals surface area (Å²) in [6.07, 6.45) is 1.72. The van der Waals surface area contributed by atoms with Crippen molar-refractivity contribution in [2.75, 3.05) is 0 Å². The second-order valence-corrected chi connectivity index (χ2v) is 5.75. The van der Waals surface area contributed by atoms with Gasteiger partial charge in [0, 0.05) is 11.8 Å². The summed E-state index contributed by atoms with van der Waals surface area (Å²) in [5.74, 6) is 0.519. The number of nitrogens with zero attached hydrogens (tertiary/aromatic N) is 1. The first kappa shape index (κ1) is 16.7. The maximum Gasteiger partial charge on any atom is 0.251 e. The average molecular weight is 332 g/mol. The molecule has 1 unspecified atom stereocenters. The molecule has 1 amide bonds. The van der Waals surface area contributed by atoms with Crippen LogP contribution in [0.3, 0.4) is 0 Å². The summed E-state index contributed by atoms with van der Waals surface area (Å²) in [7, 11) is 0. The summed E-state index contributed by atoms with van der Waals surface area (Å²) >= 11 is 0. The molecule has 2 aromatic carbocycles. The lowest BCUT2D eigenvalue weighted by molar-refractivity contribution is 0.0938. The van der Waals surface area contributed by atoms with Crippen molar-refractivity contribution in [2.24, 2.45) is 0 Å². The first-order chi connectivity index (χ1) is 12.2. The van der Waals surface area contributed by atoms with Crippen LogP contribution in [0.25, 0.3) is 0 Å². The summed E-state index contributed by atoms with van der Waals surface area (Å²) < 4.78 is 5.78. The van der Waals surface area contributed by atoms with E-state index in [1.807, 2.05) is 67.6 Å². The molecule has 1 aromatic heterocycles. The van der Waals surface area contributed by atoms with Crippen LogP contribution in [0.4, 0.5) is 0 Å². The van der Waals surface area contributed by atoms with Gasteiger partial charge in [-0.3, -0.25) is 9.78 Å². The third-order valence-electron chi connectivity index (χ3n) is 3.82. The zero-order valence-electron chi connectivity index (χ0n) is 14.1. The van der Waals surface area contributed by atoms with Crippen LogP contribution in [-0.4, -0.2) is 10.9 Å². The molecule has 0 saturated heterocycles. The summed E-state index contributed by atoms with van der Waals surface area (Å²) in [6, 6.07) is 22.6. The average Bonchev–Trinajstić information content (AvgIpc) is 2.68. The van der Waals surface area contributed by atoms with Crippen molar-refractivity contribution in [3.63, 3.8) is 0 Å². The van der Waals surface area contributed by atoms with Gasteiger partial charge in [-0.25, -0.2) is 0 Å². The second kappa shape index (κ2) is 8.11. The van der Waals surface area contributed by atoms with Crippen LogP contribution in [0.2, 0.25) is 0 Å². The standard InChI is InChI=1S/C21H20N2O2/c1-16(20-12-5-6-13-22-20)23-21(24)18-10-7-11-19(14-18)25-15-17-8-3-2-4-9-17/h2-14,16H,15H2,1H3,(H,23,24). The number of benzene rings is 2. The summed E-state index contributed by atoms with van der Waals surface area (Å²) in [5, 5.41) is 2.96. The van der Waals surface area contributed by atoms with Gasteiger partial charge in [0.1, 0.15) is 12.4 Å². The van der Waals surface area contributed by atoms with Crippen LogP contribution in [0, 0.1) is 0 Å². The van der Waals surface area contributed by atoms with Crippen LogP contribution in [0.5, 0.6) is 5.75 Å². The van der Waals surface area contributed by atoms with E-state index in [0.717, 1.165) is 11.3 Å². The number of amides is 1. The number of nitrogens with one attached hydrogen (secondary N) is 1. The molecule has 126 valence electrons. The smallest absolute Gasteiger partial charge is 0.251 e. The van der Waals surface area contributed by atoms with Crippen molar-refractivity contribution in [3.8, 4) is 5.75 Å². The molecule has 1 N–H and O–H groups in total. The van der Waals surface area contributed by atoms with Crippen LogP contribution in [0.15, 0.2) is 79.0 Å². The molecule has 0 bridgehead atoms. The van der Waals surface area contributed by atoms with E-state index in [0.29, 0.717) is 17.9 Å². The Labute approximate surface area is 147 Å². The van der Waals surface area contributed by atoms with Crippen LogP contribution in [0.1, 0.15) is 34.6 Å². The molecule has 0 radical (unpaired) electrons. The van der Waals surface area contributed by atoms with Crippen molar-refractivity contribution in [1.82, 2.24) is 10.3 Å². The van der Waals surface area contributed by atoms with Gasteiger partial charge in [0.2, 0.25) is 0 Å². The SMILES string of the molecule is CC(NC(=O)c1cccc(OCc2ccccc2)c1)c1ccccn1. The van der Waals surface area contributed by atoms with Crippen LogP contribution < -0.4 is 10.1 Å². The van der Waals surface area contributed by atoms with E-state index in [9.17, 15) is 4.79 Å². The predicted molar refractivity (Wildman–Crippen MR) is 97.3 cm³/mol. The lowest BCUT2D eigenvalue weighted by atomic mass is 10.1. The number of carbonyl (C=O) groups is 1. The van der Waals surface area contributed by atoms with E-state index < -0.39 is 0 Å². The number of carbonyl (C=O) groups excluding carboxylic acids is 1. The lowest BCUT2D eigenvalue weighted by Crippen LogP contribution is -2.27. The number of pyridine rings is 1. The van der Waals surface area contributed by atoms with E-state index in [1.54, 1.807) is 18.3 Å². The Hall–Kier alpha value is -3.14. The molecular formula is C21H20N2O2. The third-order valence-corrected chi connectivity index (χ3v) is 3.82. The van der Waals surface area contributed by atoms with E-state index in [-0.39, 0.29) is 11.9 Å². The van der Waals surface area contributed by atoms with Gasteiger partial charge >= 0.3 is 0 Å². The topological polar surface area (TPSA) is 51.2 Å². The highest BCUT2D eigenvalue weighted by Crippen LogP contribution is 2.16. The Morgan fingerprint density at radius 2 is 1.84 bits per heavy atom. The number of hydrogen-bond acceptors (Lipinski definition) is 3. The highest BCUT2D eigenvalue weighted by molar-refractivity contribution is 5.94. The van der Waals surface area contributed by atoms with Crippen molar-refractivity contribution < 1.29 is 9.53 Å². The Balaban J connectivity index is 1.63. The monoisotopic (exact) mass is 332 g/mol. The molecule has 1 heterocycles. The minimum atomic E-state index is -0.164. The Morgan fingerprint density at radius 3 is 2.60 bits per heavy atom. The number of hydrogen-bond donors (Lipinski definition) is 1. The summed E-state index contributed by atoms with van der Waals surface area (Å²) in [6.45, 7) is 2.38. The van der Waals surface area contributed by atoms with Gasteiger partial charge in [-0.15, -0.1) is 0 Å². The second-order valence-electron chi connectivity index (χ2n) is 5.75. The van der Waals surface area contributed by atoms with Crippen LogP contribution >= 0.6 is 0 Å². The van der Waals surface area contributed by atoms with Gasteiger partial charge in [0.25, 0.3) is 5.91 Å². The largest absolute Gasteiger partial charge is 0.489 e. The maximum absolute atomic E-state index is 12.5. The lowest BCUT2D eigenvalue weighted by Gasteiger charge is -2.14. The molecule has 25 heavy (non-hydrogen) atoms. The zero-order valence-corrected chi connectivity index (χ0v) is 14.1. The van der Waals surface area contributed by atoms with Gasteiger partial charge < -0.3 is 10.1 Å². The van der Waals surface area contributed by atoms with Crippen LogP contribution in [-0.2, 0) is 6.61 Å². The first-order valence-corrected chi connectivity index (χ1v) is 8.21. The molecule has 3 rings (SSSR count). The predicted octanol–water partition coefficient (Wildman–Crippen LogP) is 4.15. The molecule has 4 nitrogen and oxygen atoms in total.